The van der Waals surface area contributed by atoms with E-state index < -0.39 is 0 Å². The zero-order valence-electron chi connectivity index (χ0n) is 19.1. The predicted molar refractivity (Wildman–Crippen MR) is 122 cm³/mol. The van der Waals surface area contributed by atoms with Crippen molar-refractivity contribution in [1.29, 1.82) is 0 Å². The molecule has 4 unspecified atom stereocenters. The molecule has 5 rings (SSSR count). The van der Waals surface area contributed by atoms with Gasteiger partial charge < -0.3 is 14.7 Å². The smallest absolute Gasteiger partial charge is 0.115 e. The quantitative estimate of drug-likeness (QED) is 0.524. The molecular formula is C27H39NO2. The molecule has 3 fully saturated rings. The van der Waals surface area contributed by atoms with E-state index in [4.69, 9.17) is 4.74 Å². The Labute approximate surface area is 182 Å². The summed E-state index contributed by atoms with van der Waals surface area (Å²) in [5.41, 5.74) is 4.96. The number of rotatable bonds is 4. The van der Waals surface area contributed by atoms with Crippen LogP contribution in [0.4, 0.5) is 0 Å². The van der Waals surface area contributed by atoms with E-state index in [1.807, 2.05) is 12.1 Å². The Morgan fingerprint density at radius 2 is 2.13 bits per heavy atom. The van der Waals surface area contributed by atoms with E-state index in [1.54, 1.807) is 5.57 Å². The van der Waals surface area contributed by atoms with E-state index in [1.165, 1.54) is 56.2 Å². The molecule has 1 saturated heterocycles. The summed E-state index contributed by atoms with van der Waals surface area (Å²) in [5, 5.41) is 9.96. The van der Waals surface area contributed by atoms with Gasteiger partial charge in [0.2, 0.25) is 0 Å². The molecule has 6 atom stereocenters. The van der Waals surface area contributed by atoms with Crippen LogP contribution in [0.3, 0.4) is 0 Å². The van der Waals surface area contributed by atoms with Crippen molar-refractivity contribution in [3.8, 4) is 5.75 Å². The van der Waals surface area contributed by atoms with Crippen LogP contribution in [0, 0.1) is 23.2 Å². The summed E-state index contributed by atoms with van der Waals surface area (Å²) in [5.74, 6) is 3.37. The van der Waals surface area contributed by atoms with Gasteiger partial charge >= 0.3 is 0 Å². The van der Waals surface area contributed by atoms with E-state index in [-0.39, 0.29) is 0 Å². The van der Waals surface area contributed by atoms with Crippen LogP contribution in [0.15, 0.2) is 29.8 Å². The number of hydrogen-bond donors (Lipinski definition) is 1. The number of phenols is 1. The Morgan fingerprint density at radius 3 is 2.93 bits per heavy atom. The van der Waals surface area contributed by atoms with Gasteiger partial charge in [-0.2, -0.15) is 0 Å². The van der Waals surface area contributed by atoms with Crippen molar-refractivity contribution in [3.05, 3.63) is 41.0 Å². The predicted octanol–water partition coefficient (Wildman–Crippen LogP) is 5.53. The monoisotopic (exact) mass is 409 g/mol. The molecular weight excluding hydrogens is 370 g/mol. The molecule has 164 valence electrons. The highest BCUT2D eigenvalue weighted by atomic mass is 16.5. The first-order valence-electron chi connectivity index (χ1n) is 12.3. The molecule has 0 spiro atoms. The minimum absolute atomic E-state index is 0.358. The molecule has 0 radical (unpaired) electrons. The zero-order chi connectivity index (χ0) is 20.9. The summed E-state index contributed by atoms with van der Waals surface area (Å²) < 4.78 is 6.12. The number of allylic oxidation sites excluding steroid dienone is 1. The maximum atomic E-state index is 9.96. The minimum atomic E-state index is 0.358. The van der Waals surface area contributed by atoms with E-state index in [2.05, 4.69) is 37.9 Å². The van der Waals surface area contributed by atoms with Gasteiger partial charge in [-0.05, 0) is 111 Å². The topological polar surface area (TPSA) is 32.7 Å². The maximum absolute atomic E-state index is 9.96. The fourth-order valence-corrected chi connectivity index (χ4v) is 7.70. The van der Waals surface area contributed by atoms with Crippen LogP contribution in [0.5, 0.6) is 5.75 Å². The molecule has 0 bridgehead atoms. The number of benzene rings is 1. The second kappa shape index (κ2) is 7.98. The SMILES string of the molecule is C[C@@H]1Cc2cc(O)ccc2C2CCC3(C)C(=CCOC[C@@H]4CCCN4C)CCC3C21. The first-order chi connectivity index (χ1) is 14.5. The van der Waals surface area contributed by atoms with Gasteiger partial charge in [0.1, 0.15) is 5.75 Å². The second-order valence-electron chi connectivity index (χ2n) is 10.9. The van der Waals surface area contributed by atoms with E-state index >= 15 is 0 Å². The van der Waals surface area contributed by atoms with Crippen LogP contribution in [0.25, 0.3) is 0 Å². The van der Waals surface area contributed by atoms with E-state index in [9.17, 15) is 5.11 Å². The van der Waals surface area contributed by atoms with Crippen molar-refractivity contribution < 1.29 is 9.84 Å². The van der Waals surface area contributed by atoms with Crippen molar-refractivity contribution in [3.63, 3.8) is 0 Å². The van der Waals surface area contributed by atoms with E-state index in [0.717, 1.165) is 31.5 Å². The lowest BCUT2D eigenvalue weighted by molar-refractivity contribution is 0.0481. The van der Waals surface area contributed by atoms with Crippen molar-refractivity contribution >= 4 is 0 Å². The van der Waals surface area contributed by atoms with Gasteiger partial charge in [0.15, 0.2) is 0 Å². The Hall–Kier alpha value is -1.32. The molecule has 3 aliphatic carbocycles. The molecule has 3 nitrogen and oxygen atoms in total. The summed E-state index contributed by atoms with van der Waals surface area (Å²) in [6.07, 6.45) is 11.3. The third-order valence-electron chi connectivity index (χ3n) is 9.33. The summed E-state index contributed by atoms with van der Waals surface area (Å²) in [7, 11) is 2.23. The van der Waals surface area contributed by atoms with Gasteiger partial charge in [0.25, 0.3) is 0 Å². The fourth-order valence-electron chi connectivity index (χ4n) is 7.70. The summed E-state index contributed by atoms with van der Waals surface area (Å²) in [6.45, 7) is 7.90. The third kappa shape index (κ3) is 3.42. The highest BCUT2D eigenvalue weighted by Crippen LogP contribution is 2.63. The van der Waals surface area contributed by atoms with Crippen LogP contribution >= 0.6 is 0 Å². The zero-order valence-corrected chi connectivity index (χ0v) is 19.1. The molecule has 0 aromatic heterocycles. The molecule has 1 N–H and O–H groups in total. The van der Waals surface area contributed by atoms with Crippen LogP contribution in [-0.4, -0.2) is 42.9 Å². The van der Waals surface area contributed by atoms with Crippen LogP contribution in [-0.2, 0) is 11.2 Å². The van der Waals surface area contributed by atoms with Crippen molar-refractivity contribution in [2.75, 3.05) is 26.8 Å². The first kappa shape index (κ1) is 20.6. The van der Waals surface area contributed by atoms with Crippen LogP contribution in [0.1, 0.15) is 69.4 Å². The number of ether oxygens (including phenoxy) is 1. The molecule has 0 amide bonds. The number of aromatic hydroxyl groups is 1. The number of phenolic OH excluding ortho intramolecular Hbond substituents is 1. The molecule has 1 aliphatic heterocycles. The summed E-state index contributed by atoms with van der Waals surface area (Å²) in [6, 6.07) is 6.76. The highest BCUT2D eigenvalue weighted by Gasteiger charge is 2.54. The van der Waals surface area contributed by atoms with Gasteiger partial charge in [-0.15, -0.1) is 0 Å². The lowest BCUT2D eigenvalue weighted by Crippen LogP contribution is -2.43. The fraction of sp³-hybridized carbons (Fsp3) is 0.704. The molecule has 1 aromatic rings. The van der Waals surface area contributed by atoms with Gasteiger partial charge in [0, 0.05) is 6.04 Å². The average molecular weight is 410 g/mol. The van der Waals surface area contributed by atoms with Gasteiger partial charge in [0.05, 0.1) is 13.2 Å². The molecule has 2 saturated carbocycles. The molecule has 30 heavy (non-hydrogen) atoms. The third-order valence-corrected chi connectivity index (χ3v) is 9.33. The van der Waals surface area contributed by atoms with Crippen molar-refractivity contribution in [1.82, 2.24) is 4.90 Å². The molecule has 3 heteroatoms. The minimum Gasteiger partial charge on any atom is -0.508 e. The highest BCUT2D eigenvalue weighted by molar-refractivity contribution is 5.41. The second-order valence-corrected chi connectivity index (χ2v) is 10.9. The summed E-state index contributed by atoms with van der Waals surface area (Å²) in [4.78, 5) is 2.45. The Balaban J connectivity index is 1.29. The van der Waals surface area contributed by atoms with Crippen LogP contribution in [0.2, 0.25) is 0 Å². The standard InChI is InChI=1S/C27H39NO2/c1-18-15-19-16-22(29)7-8-23(19)24-10-12-27(2)20(6-9-25(27)26(18)24)11-14-30-17-21-5-4-13-28(21)3/h7-8,11,16,18,21,24-26,29H,4-6,9-10,12-15,17H2,1-3H3/t18-,21+,24?,25?,26?,27?/m1/s1. The van der Waals surface area contributed by atoms with E-state index in [0.29, 0.717) is 29.0 Å². The average Bonchev–Trinajstić information content (AvgIpc) is 3.27. The number of likely N-dealkylation sites (N-methyl/N-ethyl adjacent to an activating group) is 1. The largest absolute Gasteiger partial charge is 0.508 e. The number of hydrogen-bond acceptors (Lipinski definition) is 3. The van der Waals surface area contributed by atoms with Crippen molar-refractivity contribution in [2.24, 2.45) is 23.2 Å². The lowest BCUT2D eigenvalue weighted by Gasteiger charge is -2.52. The van der Waals surface area contributed by atoms with Gasteiger partial charge in [-0.1, -0.05) is 31.6 Å². The molecule has 4 aliphatic rings. The Kier molecular flexibility index (Phi) is 5.48. The van der Waals surface area contributed by atoms with Gasteiger partial charge in [-0.3, -0.25) is 0 Å². The first-order valence-corrected chi connectivity index (χ1v) is 12.3. The number of fused-ring (bicyclic) bond motifs is 5. The number of likely N-dealkylation sites (tertiary alicyclic amines) is 1. The Morgan fingerprint density at radius 1 is 1.27 bits per heavy atom. The normalized spacial score (nSPS) is 39.7. The van der Waals surface area contributed by atoms with Crippen molar-refractivity contribution in [2.45, 2.75) is 70.8 Å². The molecule has 1 aromatic carbocycles. The number of nitrogens with zero attached hydrogens (tertiary/aromatic N) is 1. The van der Waals surface area contributed by atoms with Gasteiger partial charge in [-0.25, -0.2) is 0 Å². The van der Waals surface area contributed by atoms with Crippen LogP contribution < -0.4 is 0 Å². The summed E-state index contributed by atoms with van der Waals surface area (Å²) >= 11 is 0. The molecule has 1 heterocycles. The Bertz CT molecular complexity index is 817. The maximum Gasteiger partial charge on any atom is 0.115 e. The lowest BCUT2D eigenvalue weighted by atomic mass is 9.52.